The molecule has 0 aromatic heterocycles. The molecular weight excluding hydrogens is 357 g/mol. The van der Waals surface area contributed by atoms with Crippen LogP contribution in [0.1, 0.15) is 26.3 Å². The lowest BCUT2D eigenvalue weighted by Crippen LogP contribution is -2.25. The first kappa shape index (κ1) is 14.3. The smallest absolute Gasteiger partial charge is 0.144 e. The molecule has 0 fully saturated rings. The third kappa shape index (κ3) is 4.61. The van der Waals surface area contributed by atoms with Crippen LogP contribution in [0.25, 0.3) is 0 Å². The molecule has 2 nitrogen and oxygen atoms in total. The van der Waals surface area contributed by atoms with Gasteiger partial charge in [0.2, 0.25) is 0 Å². The summed E-state index contributed by atoms with van der Waals surface area (Å²) in [5, 5.41) is 0.662. The van der Waals surface area contributed by atoms with Gasteiger partial charge in [0.05, 0.1) is 6.21 Å². The van der Waals surface area contributed by atoms with Crippen molar-refractivity contribution >= 4 is 51.8 Å². The second-order valence-corrected chi connectivity index (χ2v) is 7.91. The van der Waals surface area contributed by atoms with Crippen molar-refractivity contribution in [2.45, 2.75) is 25.5 Å². The molecule has 0 aliphatic carbocycles. The second-order valence-electron chi connectivity index (χ2n) is 4.30. The van der Waals surface area contributed by atoms with E-state index >= 15 is 0 Å². The van der Waals surface area contributed by atoms with Gasteiger partial charge in [-0.15, -0.1) is 0 Å². The highest BCUT2D eigenvalue weighted by molar-refractivity contribution is 14.1. The highest BCUT2D eigenvalue weighted by atomic mass is 127. The third-order valence-corrected chi connectivity index (χ3v) is 3.89. The summed E-state index contributed by atoms with van der Waals surface area (Å²) < 4.78 is 16.4. The normalized spacial score (nSPS) is 14.4. The third-order valence-electron chi connectivity index (χ3n) is 1.71. The maximum Gasteiger partial charge on any atom is 0.144 e. The van der Waals surface area contributed by atoms with E-state index in [-0.39, 0.29) is 4.75 Å². The van der Waals surface area contributed by atoms with E-state index in [4.69, 9.17) is 11.6 Å². The zero-order valence-corrected chi connectivity index (χ0v) is 13.1. The van der Waals surface area contributed by atoms with Crippen LogP contribution in [0.3, 0.4) is 0 Å². The van der Waals surface area contributed by atoms with Crippen LogP contribution in [0, 0.1) is 3.57 Å². The molecule has 16 heavy (non-hydrogen) atoms. The molecule has 1 aromatic carbocycles. The Labute approximate surface area is 118 Å². The average Bonchev–Trinajstić information content (AvgIpc) is 2.11. The van der Waals surface area contributed by atoms with Crippen LogP contribution < -0.4 is 0 Å². The Bertz CT molecular complexity index is 383. The molecule has 0 saturated heterocycles. The first-order chi connectivity index (χ1) is 7.29. The van der Waals surface area contributed by atoms with Gasteiger partial charge < -0.3 is 4.55 Å². The van der Waals surface area contributed by atoms with E-state index in [1.165, 1.54) is 0 Å². The average molecular weight is 370 g/mol. The molecule has 1 atom stereocenters. The van der Waals surface area contributed by atoms with Gasteiger partial charge in [-0.1, -0.05) is 16.0 Å². The van der Waals surface area contributed by atoms with Gasteiger partial charge in [0, 0.05) is 8.59 Å². The van der Waals surface area contributed by atoms with Crippen molar-refractivity contribution in [3.63, 3.8) is 0 Å². The molecule has 0 bridgehead atoms. The lowest BCUT2D eigenvalue weighted by Gasteiger charge is -2.17. The van der Waals surface area contributed by atoms with E-state index in [1.54, 1.807) is 12.3 Å². The summed E-state index contributed by atoms with van der Waals surface area (Å²) in [5.74, 6) is 0. The number of rotatable bonds is 2. The summed E-state index contributed by atoms with van der Waals surface area (Å²) in [7, 11) is 0. The Morgan fingerprint density at radius 3 is 2.50 bits per heavy atom. The quantitative estimate of drug-likeness (QED) is 0.443. The van der Waals surface area contributed by atoms with E-state index in [9.17, 15) is 4.55 Å². The molecule has 5 heteroatoms. The highest BCUT2D eigenvalue weighted by Gasteiger charge is 2.25. The maximum absolute atomic E-state index is 11.7. The summed E-state index contributed by atoms with van der Waals surface area (Å²) in [6.45, 7) is 5.67. The van der Waals surface area contributed by atoms with E-state index < -0.39 is 11.4 Å². The molecule has 88 valence electrons. The second kappa shape index (κ2) is 5.71. The summed E-state index contributed by atoms with van der Waals surface area (Å²) in [4.78, 5) is 0. The van der Waals surface area contributed by atoms with E-state index in [0.29, 0.717) is 5.02 Å². The van der Waals surface area contributed by atoms with Crippen LogP contribution in [-0.2, 0) is 11.4 Å². The number of hydrogen-bond donors (Lipinski definition) is 0. The number of hydrogen-bond acceptors (Lipinski definition) is 2. The molecule has 0 amide bonds. The Morgan fingerprint density at radius 2 is 2.00 bits per heavy atom. The minimum absolute atomic E-state index is 0.331. The number of benzene rings is 1. The predicted octanol–water partition coefficient (Wildman–Crippen LogP) is 3.83. The minimum atomic E-state index is -1.23. The first-order valence-corrected chi connectivity index (χ1v) is 7.27. The van der Waals surface area contributed by atoms with Crippen LogP contribution >= 0.6 is 34.2 Å². The molecule has 0 heterocycles. The Morgan fingerprint density at radius 1 is 1.38 bits per heavy atom. The predicted molar refractivity (Wildman–Crippen MR) is 79.7 cm³/mol. The molecule has 0 unspecified atom stereocenters. The van der Waals surface area contributed by atoms with Gasteiger partial charge in [-0.25, -0.2) is 0 Å². The molecule has 0 radical (unpaired) electrons. The van der Waals surface area contributed by atoms with Gasteiger partial charge in [-0.05, 0) is 67.1 Å². The number of nitrogens with zero attached hydrogens (tertiary/aromatic N) is 1. The number of halogens is 2. The molecule has 1 aromatic rings. The fraction of sp³-hybridized carbons (Fsp3) is 0.364. The van der Waals surface area contributed by atoms with Crippen molar-refractivity contribution in [3.05, 3.63) is 32.4 Å². The minimum Gasteiger partial charge on any atom is -0.591 e. The SMILES string of the molecule is CC(C)(C)[S@@+]([O-])/N=C/c1cc(Cl)cc(I)c1. The highest BCUT2D eigenvalue weighted by Crippen LogP contribution is 2.18. The van der Waals surface area contributed by atoms with Crippen LogP contribution in [0.2, 0.25) is 5.02 Å². The maximum atomic E-state index is 11.7. The molecule has 0 N–H and O–H groups in total. The van der Waals surface area contributed by atoms with Crippen molar-refractivity contribution in [2.75, 3.05) is 0 Å². The summed E-state index contributed by atoms with van der Waals surface area (Å²) in [6.07, 6.45) is 1.61. The fourth-order valence-corrected chi connectivity index (χ4v) is 2.57. The summed E-state index contributed by atoms with van der Waals surface area (Å²) >= 11 is 6.87. The molecular formula is C11H13ClINOS. The zero-order chi connectivity index (χ0) is 12.3. The Balaban J connectivity index is 2.84. The first-order valence-electron chi connectivity index (χ1n) is 4.71. The van der Waals surface area contributed by atoms with Crippen molar-refractivity contribution in [1.82, 2.24) is 0 Å². The topological polar surface area (TPSA) is 35.4 Å². The standard InChI is InChI=1S/C11H13ClINOS/c1-11(2,3)16(15)14-7-8-4-9(12)6-10(13)5-8/h4-7H,1-3H3/b14-7+/t16-/m1/s1. The lowest BCUT2D eigenvalue weighted by atomic mass is 10.2. The largest absolute Gasteiger partial charge is 0.591 e. The van der Waals surface area contributed by atoms with Crippen LogP contribution in [0.5, 0.6) is 0 Å². The Kier molecular flexibility index (Phi) is 5.10. The van der Waals surface area contributed by atoms with E-state index in [1.807, 2.05) is 32.9 Å². The Hall–Kier alpha value is 0.220. The van der Waals surface area contributed by atoms with Gasteiger partial charge >= 0.3 is 0 Å². The lowest BCUT2D eigenvalue weighted by molar-refractivity contribution is 0.562. The van der Waals surface area contributed by atoms with Crippen LogP contribution in [0.15, 0.2) is 22.6 Å². The van der Waals surface area contributed by atoms with Crippen LogP contribution in [-0.4, -0.2) is 15.5 Å². The van der Waals surface area contributed by atoms with Gasteiger partial charge in [-0.3, -0.25) is 0 Å². The van der Waals surface area contributed by atoms with Crippen molar-refractivity contribution in [2.24, 2.45) is 4.40 Å². The van der Waals surface area contributed by atoms with Crippen LogP contribution in [0.4, 0.5) is 0 Å². The van der Waals surface area contributed by atoms with Crippen molar-refractivity contribution < 1.29 is 4.55 Å². The van der Waals surface area contributed by atoms with Crippen molar-refractivity contribution in [3.8, 4) is 0 Å². The van der Waals surface area contributed by atoms with Gasteiger partial charge in [0.15, 0.2) is 0 Å². The molecule has 0 saturated carbocycles. The summed E-state index contributed by atoms with van der Waals surface area (Å²) in [6, 6.07) is 5.60. The molecule has 0 aliphatic heterocycles. The van der Waals surface area contributed by atoms with E-state index in [0.717, 1.165) is 9.13 Å². The fourth-order valence-electron chi connectivity index (χ4n) is 0.917. The monoisotopic (exact) mass is 369 g/mol. The molecule has 0 aliphatic rings. The zero-order valence-electron chi connectivity index (χ0n) is 9.33. The van der Waals surface area contributed by atoms with Crippen molar-refractivity contribution in [1.29, 1.82) is 0 Å². The summed E-state index contributed by atoms with van der Waals surface area (Å²) in [5.41, 5.74) is 0.870. The van der Waals surface area contributed by atoms with Gasteiger partial charge in [0.25, 0.3) is 0 Å². The molecule has 0 spiro atoms. The van der Waals surface area contributed by atoms with E-state index in [2.05, 4.69) is 27.0 Å². The molecule has 1 rings (SSSR count). The van der Waals surface area contributed by atoms with Gasteiger partial charge in [-0.2, -0.15) is 0 Å². The van der Waals surface area contributed by atoms with Gasteiger partial charge in [0.1, 0.15) is 16.1 Å².